The Labute approximate surface area is 112 Å². The van der Waals surface area contributed by atoms with Gasteiger partial charge in [0.15, 0.2) is 0 Å². The lowest BCUT2D eigenvalue weighted by Gasteiger charge is -2.29. The maximum atomic E-state index is 12.3. The van der Waals surface area contributed by atoms with Gasteiger partial charge < -0.3 is 10.0 Å². The van der Waals surface area contributed by atoms with Crippen molar-refractivity contribution in [3.05, 3.63) is 35.9 Å². The number of nitrogens with zero attached hydrogens (tertiary/aromatic N) is 1. The van der Waals surface area contributed by atoms with E-state index in [0.29, 0.717) is 6.42 Å². The van der Waals surface area contributed by atoms with Gasteiger partial charge in [-0.05, 0) is 25.8 Å². The lowest BCUT2D eigenvalue weighted by Crippen LogP contribution is -2.49. The number of rotatable bonds is 4. The van der Waals surface area contributed by atoms with Crippen molar-refractivity contribution in [3.63, 3.8) is 0 Å². The molecule has 5 nitrogen and oxygen atoms in total. The van der Waals surface area contributed by atoms with Gasteiger partial charge in [-0.15, -0.1) is 0 Å². The molecule has 0 bridgehead atoms. The van der Waals surface area contributed by atoms with Gasteiger partial charge in [-0.25, -0.2) is 0 Å². The smallest absolute Gasteiger partial charge is 0.323 e. The van der Waals surface area contributed by atoms with Crippen molar-refractivity contribution >= 4 is 11.9 Å². The van der Waals surface area contributed by atoms with Crippen LogP contribution in [0.1, 0.15) is 19.4 Å². The molecule has 1 aromatic carbocycles. The number of hydrogen-bond acceptors (Lipinski definition) is 3. The minimum atomic E-state index is -0.997. The lowest BCUT2D eigenvalue weighted by atomic mass is 10.1. The van der Waals surface area contributed by atoms with Crippen molar-refractivity contribution in [2.45, 2.75) is 32.0 Å². The zero-order valence-electron chi connectivity index (χ0n) is 11.1. The Bertz CT molecular complexity index is 485. The number of amides is 1. The molecular weight excluding hydrogens is 244 g/mol. The van der Waals surface area contributed by atoms with Crippen molar-refractivity contribution in [3.8, 4) is 0 Å². The fourth-order valence-corrected chi connectivity index (χ4v) is 2.43. The highest BCUT2D eigenvalue weighted by molar-refractivity contribution is 5.88. The molecule has 0 radical (unpaired) electrons. The van der Waals surface area contributed by atoms with Gasteiger partial charge in [0.25, 0.3) is 0 Å². The summed E-state index contributed by atoms with van der Waals surface area (Å²) in [6.07, 6.45) is 0.569. The molecule has 1 saturated heterocycles. The van der Waals surface area contributed by atoms with Crippen molar-refractivity contribution < 1.29 is 14.7 Å². The van der Waals surface area contributed by atoms with Gasteiger partial charge in [0.2, 0.25) is 5.91 Å². The van der Waals surface area contributed by atoms with Gasteiger partial charge in [-0.2, -0.15) is 0 Å². The van der Waals surface area contributed by atoms with E-state index in [1.54, 1.807) is 0 Å². The average molecular weight is 262 g/mol. The van der Waals surface area contributed by atoms with Crippen LogP contribution in [0.25, 0.3) is 0 Å². The largest absolute Gasteiger partial charge is 0.480 e. The topological polar surface area (TPSA) is 69.6 Å². The quantitative estimate of drug-likeness (QED) is 0.844. The number of benzene rings is 1. The highest BCUT2D eigenvalue weighted by atomic mass is 16.4. The second-order valence-electron chi connectivity index (χ2n) is 5.26. The predicted octanol–water partition coefficient (Wildman–Crippen LogP) is 0.850. The predicted molar refractivity (Wildman–Crippen MR) is 70.5 cm³/mol. The van der Waals surface area contributed by atoms with Crippen LogP contribution in [-0.4, -0.2) is 40.1 Å². The van der Waals surface area contributed by atoms with Crippen molar-refractivity contribution in [1.29, 1.82) is 0 Å². The van der Waals surface area contributed by atoms with E-state index in [9.17, 15) is 9.59 Å². The standard InChI is InChI=1S/C14H18N2O3/c1-14(2)15-11(8-10-6-4-3-5-7-10)13(19)16(14)9-12(17)18/h3-7,11,15H,8-9H2,1-2H3,(H,17,18). The summed E-state index contributed by atoms with van der Waals surface area (Å²) >= 11 is 0. The van der Waals surface area contributed by atoms with E-state index in [-0.39, 0.29) is 18.5 Å². The van der Waals surface area contributed by atoms with E-state index < -0.39 is 11.6 Å². The van der Waals surface area contributed by atoms with Gasteiger partial charge in [0, 0.05) is 0 Å². The molecule has 1 aliphatic rings. The number of carbonyl (C=O) groups excluding carboxylic acids is 1. The first kappa shape index (κ1) is 13.5. The Hall–Kier alpha value is -1.88. The molecule has 2 N–H and O–H groups in total. The van der Waals surface area contributed by atoms with Crippen LogP contribution in [0, 0.1) is 0 Å². The average Bonchev–Trinajstić information content (AvgIpc) is 2.53. The number of carboxylic acids is 1. The first-order chi connectivity index (χ1) is 8.90. The van der Waals surface area contributed by atoms with E-state index >= 15 is 0 Å². The minimum Gasteiger partial charge on any atom is -0.480 e. The molecule has 0 saturated carbocycles. The molecule has 102 valence electrons. The molecular formula is C14H18N2O3. The Balaban J connectivity index is 2.12. The Morgan fingerprint density at radius 1 is 1.37 bits per heavy atom. The second kappa shape index (κ2) is 5.01. The van der Waals surface area contributed by atoms with E-state index in [4.69, 9.17) is 5.11 Å². The van der Waals surface area contributed by atoms with Crippen LogP contribution in [0.3, 0.4) is 0 Å². The normalized spacial score (nSPS) is 21.7. The molecule has 2 rings (SSSR count). The molecule has 1 heterocycles. The van der Waals surface area contributed by atoms with Crippen LogP contribution in [0.15, 0.2) is 30.3 Å². The van der Waals surface area contributed by atoms with Crippen molar-refractivity contribution in [2.75, 3.05) is 6.54 Å². The fraction of sp³-hybridized carbons (Fsp3) is 0.429. The summed E-state index contributed by atoms with van der Waals surface area (Å²) in [6, 6.07) is 9.33. The molecule has 0 aliphatic carbocycles. The third kappa shape index (κ3) is 2.93. The van der Waals surface area contributed by atoms with Gasteiger partial charge >= 0.3 is 5.97 Å². The lowest BCUT2D eigenvalue weighted by molar-refractivity contribution is -0.145. The Morgan fingerprint density at radius 3 is 2.58 bits per heavy atom. The van der Waals surface area contributed by atoms with Crippen LogP contribution in [0.2, 0.25) is 0 Å². The van der Waals surface area contributed by atoms with Crippen LogP contribution in [-0.2, 0) is 16.0 Å². The highest BCUT2D eigenvalue weighted by Gasteiger charge is 2.44. The van der Waals surface area contributed by atoms with Gasteiger partial charge in [0.05, 0.1) is 11.7 Å². The molecule has 1 aromatic rings. The third-order valence-electron chi connectivity index (χ3n) is 3.34. The van der Waals surface area contributed by atoms with Crippen LogP contribution < -0.4 is 5.32 Å². The van der Waals surface area contributed by atoms with Crippen LogP contribution >= 0.6 is 0 Å². The van der Waals surface area contributed by atoms with E-state index in [2.05, 4.69) is 5.32 Å². The van der Waals surface area contributed by atoms with E-state index in [0.717, 1.165) is 5.56 Å². The van der Waals surface area contributed by atoms with E-state index in [1.807, 2.05) is 44.2 Å². The summed E-state index contributed by atoms with van der Waals surface area (Å²) in [5.41, 5.74) is 0.427. The molecule has 0 spiro atoms. The molecule has 1 fully saturated rings. The summed E-state index contributed by atoms with van der Waals surface area (Å²) in [5, 5.41) is 12.1. The zero-order valence-corrected chi connectivity index (χ0v) is 11.1. The summed E-state index contributed by atoms with van der Waals surface area (Å²) < 4.78 is 0. The summed E-state index contributed by atoms with van der Waals surface area (Å²) in [4.78, 5) is 24.5. The zero-order chi connectivity index (χ0) is 14.0. The summed E-state index contributed by atoms with van der Waals surface area (Å²) in [6.45, 7) is 3.36. The SMILES string of the molecule is CC1(C)NC(Cc2ccccc2)C(=O)N1CC(=O)O. The molecule has 1 aliphatic heterocycles. The van der Waals surface area contributed by atoms with Gasteiger partial charge in [0.1, 0.15) is 6.54 Å². The molecule has 19 heavy (non-hydrogen) atoms. The maximum Gasteiger partial charge on any atom is 0.323 e. The maximum absolute atomic E-state index is 12.3. The highest BCUT2D eigenvalue weighted by Crippen LogP contribution is 2.22. The second-order valence-corrected chi connectivity index (χ2v) is 5.26. The molecule has 1 amide bonds. The third-order valence-corrected chi connectivity index (χ3v) is 3.34. The molecule has 1 unspecified atom stereocenters. The van der Waals surface area contributed by atoms with Crippen LogP contribution in [0.4, 0.5) is 0 Å². The molecule has 1 atom stereocenters. The fourth-order valence-electron chi connectivity index (χ4n) is 2.43. The molecule has 5 heteroatoms. The number of aliphatic carboxylic acids is 1. The number of carboxylic acid groups (broad SMARTS) is 1. The monoisotopic (exact) mass is 262 g/mol. The van der Waals surface area contributed by atoms with Gasteiger partial charge in [-0.3, -0.25) is 14.9 Å². The summed E-state index contributed by atoms with van der Waals surface area (Å²) in [7, 11) is 0. The van der Waals surface area contributed by atoms with Crippen LogP contribution in [0.5, 0.6) is 0 Å². The first-order valence-corrected chi connectivity index (χ1v) is 6.25. The van der Waals surface area contributed by atoms with E-state index in [1.165, 1.54) is 4.90 Å². The minimum absolute atomic E-state index is 0.156. The first-order valence-electron chi connectivity index (χ1n) is 6.25. The van der Waals surface area contributed by atoms with Gasteiger partial charge in [-0.1, -0.05) is 30.3 Å². The van der Waals surface area contributed by atoms with Crippen molar-refractivity contribution in [2.24, 2.45) is 0 Å². The molecule has 0 aromatic heterocycles. The summed E-state index contributed by atoms with van der Waals surface area (Å²) in [5.74, 6) is -1.15. The number of carbonyl (C=O) groups is 2. The number of hydrogen-bond donors (Lipinski definition) is 2. The number of nitrogens with one attached hydrogen (secondary N) is 1. The van der Waals surface area contributed by atoms with Crippen molar-refractivity contribution in [1.82, 2.24) is 10.2 Å². The Kier molecular flexibility index (Phi) is 3.57. The Morgan fingerprint density at radius 2 is 2.00 bits per heavy atom.